The number of esters is 1. The highest BCUT2D eigenvalue weighted by atomic mass is 16.6. The van der Waals surface area contributed by atoms with Gasteiger partial charge in [0.1, 0.15) is 5.60 Å². The molecule has 0 radical (unpaired) electrons. The van der Waals surface area contributed by atoms with Crippen molar-refractivity contribution >= 4 is 5.97 Å². The monoisotopic (exact) mass is 268 g/mol. The molecule has 0 N–H and O–H groups in total. The van der Waals surface area contributed by atoms with Gasteiger partial charge < -0.3 is 9.47 Å². The molecule has 1 heterocycles. The van der Waals surface area contributed by atoms with Crippen LogP contribution in [0.4, 0.5) is 0 Å². The first kappa shape index (κ1) is 16.2. The van der Waals surface area contributed by atoms with Gasteiger partial charge in [-0.15, -0.1) is 0 Å². The minimum atomic E-state index is -0.448. The zero-order chi connectivity index (χ0) is 14.8. The summed E-state index contributed by atoms with van der Waals surface area (Å²) < 4.78 is 11.4. The molecule has 1 unspecified atom stereocenters. The van der Waals surface area contributed by atoms with Gasteiger partial charge in [-0.1, -0.05) is 11.6 Å². The summed E-state index contributed by atoms with van der Waals surface area (Å²) in [6.07, 6.45) is 3.04. The predicted molar refractivity (Wildman–Crippen MR) is 76.9 cm³/mol. The number of carbonyl (C=O) groups excluding carboxylic acids is 1. The lowest BCUT2D eigenvalue weighted by Crippen LogP contribution is -2.40. The molecule has 0 aromatic rings. The van der Waals surface area contributed by atoms with E-state index in [0.29, 0.717) is 6.61 Å². The second kappa shape index (κ2) is 5.66. The first-order valence-corrected chi connectivity index (χ1v) is 7.03. The Hall–Kier alpha value is -0.830. The molecule has 0 aromatic heterocycles. The molecule has 19 heavy (non-hydrogen) atoms. The number of ether oxygens (including phenoxy) is 2. The molecule has 0 saturated carbocycles. The molecule has 110 valence electrons. The van der Waals surface area contributed by atoms with Crippen LogP contribution in [-0.2, 0) is 14.3 Å². The van der Waals surface area contributed by atoms with Gasteiger partial charge in [0.15, 0.2) is 0 Å². The highest BCUT2D eigenvalue weighted by molar-refractivity contribution is 5.75. The smallest absolute Gasteiger partial charge is 0.312 e. The van der Waals surface area contributed by atoms with Crippen molar-refractivity contribution in [3.05, 3.63) is 11.6 Å². The van der Waals surface area contributed by atoms with Crippen LogP contribution >= 0.6 is 0 Å². The van der Waals surface area contributed by atoms with E-state index in [0.717, 1.165) is 6.42 Å². The van der Waals surface area contributed by atoms with Crippen molar-refractivity contribution in [2.24, 2.45) is 11.8 Å². The summed E-state index contributed by atoms with van der Waals surface area (Å²) in [5, 5.41) is 0. The molecule has 0 spiro atoms. The third-order valence-electron chi connectivity index (χ3n) is 3.38. The maximum Gasteiger partial charge on any atom is 0.312 e. The van der Waals surface area contributed by atoms with E-state index in [1.807, 2.05) is 34.6 Å². The molecule has 1 rings (SSSR count). The average molecular weight is 268 g/mol. The van der Waals surface area contributed by atoms with Crippen LogP contribution in [-0.4, -0.2) is 23.8 Å². The van der Waals surface area contributed by atoms with Crippen LogP contribution in [0.3, 0.4) is 0 Å². The number of rotatable bonds is 3. The standard InChI is InChI=1S/C16H28O3/c1-11(2)8-9-12-10-18-16(6,7)13(12)14(17)19-15(3,4)5/h8,12-13H,9-10H2,1-7H3/t12-,13?/m0/s1. The van der Waals surface area contributed by atoms with Gasteiger partial charge in [-0.25, -0.2) is 0 Å². The van der Waals surface area contributed by atoms with Crippen molar-refractivity contribution < 1.29 is 14.3 Å². The Labute approximate surface area is 117 Å². The Balaban J connectivity index is 2.84. The summed E-state index contributed by atoms with van der Waals surface area (Å²) in [5.41, 5.74) is 0.381. The fourth-order valence-corrected chi connectivity index (χ4v) is 2.51. The predicted octanol–water partition coefficient (Wildman–Crippen LogP) is 3.73. The molecule has 0 aliphatic carbocycles. The third kappa shape index (κ3) is 4.64. The number of carbonyl (C=O) groups is 1. The van der Waals surface area contributed by atoms with Gasteiger partial charge in [0.2, 0.25) is 0 Å². The zero-order valence-corrected chi connectivity index (χ0v) is 13.4. The lowest BCUT2D eigenvalue weighted by atomic mass is 9.81. The minimum Gasteiger partial charge on any atom is -0.460 e. The summed E-state index contributed by atoms with van der Waals surface area (Å²) in [6.45, 7) is 14.4. The number of allylic oxidation sites excluding steroid dienone is 2. The fourth-order valence-electron chi connectivity index (χ4n) is 2.51. The Morgan fingerprint density at radius 2 is 1.95 bits per heavy atom. The van der Waals surface area contributed by atoms with Crippen molar-refractivity contribution in [1.82, 2.24) is 0 Å². The average Bonchev–Trinajstić information content (AvgIpc) is 2.47. The largest absolute Gasteiger partial charge is 0.460 e. The lowest BCUT2D eigenvalue weighted by molar-refractivity contribution is -0.166. The molecule has 3 nitrogen and oxygen atoms in total. The van der Waals surface area contributed by atoms with Gasteiger partial charge in [0.05, 0.1) is 18.1 Å². The number of hydrogen-bond acceptors (Lipinski definition) is 3. The molecule has 0 aromatic carbocycles. The van der Waals surface area contributed by atoms with Gasteiger partial charge in [-0.2, -0.15) is 0 Å². The lowest BCUT2D eigenvalue weighted by Gasteiger charge is -2.30. The summed E-state index contributed by atoms with van der Waals surface area (Å²) in [6, 6.07) is 0. The van der Waals surface area contributed by atoms with Gasteiger partial charge in [-0.05, 0) is 54.9 Å². The third-order valence-corrected chi connectivity index (χ3v) is 3.38. The van der Waals surface area contributed by atoms with Crippen LogP contribution in [0, 0.1) is 11.8 Å². The van der Waals surface area contributed by atoms with Gasteiger partial charge in [0.25, 0.3) is 0 Å². The molecular formula is C16H28O3. The van der Waals surface area contributed by atoms with Crippen LogP contribution in [0.5, 0.6) is 0 Å². The Kier molecular flexibility index (Phi) is 4.83. The quantitative estimate of drug-likeness (QED) is 0.578. The Morgan fingerprint density at radius 1 is 1.37 bits per heavy atom. The van der Waals surface area contributed by atoms with Crippen molar-refractivity contribution in [2.45, 2.75) is 66.1 Å². The molecular weight excluding hydrogens is 240 g/mol. The molecule has 0 bridgehead atoms. The van der Waals surface area contributed by atoms with Gasteiger partial charge in [0, 0.05) is 5.92 Å². The van der Waals surface area contributed by atoms with Crippen molar-refractivity contribution in [1.29, 1.82) is 0 Å². The van der Waals surface area contributed by atoms with Crippen LogP contribution < -0.4 is 0 Å². The van der Waals surface area contributed by atoms with E-state index < -0.39 is 11.2 Å². The first-order chi connectivity index (χ1) is 8.53. The molecule has 1 fully saturated rings. The van der Waals surface area contributed by atoms with Gasteiger partial charge >= 0.3 is 5.97 Å². The van der Waals surface area contributed by atoms with Crippen molar-refractivity contribution in [3.63, 3.8) is 0 Å². The van der Waals surface area contributed by atoms with Crippen molar-refractivity contribution in [3.8, 4) is 0 Å². The second-order valence-electron chi connectivity index (χ2n) is 7.20. The number of hydrogen-bond donors (Lipinski definition) is 0. The topological polar surface area (TPSA) is 35.5 Å². The van der Waals surface area contributed by atoms with Crippen LogP contribution in [0.15, 0.2) is 11.6 Å². The van der Waals surface area contributed by atoms with Gasteiger partial charge in [-0.3, -0.25) is 4.79 Å². The highest BCUT2D eigenvalue weighted by Crippen LogP contribution is 2.39. The molecule has 1 saturated heterocycles. The molecule has 2 atom stereocenters. The van der Waals surface area contributed by atoms with Crippen molar-refractivity contribution in [2.75, 3.05) is 6.61 Å². The first-order valence-electron chi connectivity index (χ1n) is 7.03. The molecule has 3 heteroatoms. The van der Waals surface area contributed by atoms with Crippen LogP contribution in [0.1, 0.15) is 54.9 Å². The summed E-state index contributed by atoms with van der Waals surface area (Å²) >= 11 is 0. The summed E-state index contributed by atoms with van der Waals surface area (Å²) in [7, 11) is 0. The summed E-state index contributed by atoms with van der Waals surface area (Å²) in [5.74, 6) is -0.121. The molecule has 0 amide bonds. The maximum atomic E-state index is 12.4. The maximum absolute atomic E-state index is 12.4. The van der Waals surface area contributed by atoms with Crippen LogP contribution in [0.2, 0.25) is 0 Å². The SMILES string of the molecule is CC(C)=CC[C@H]1COC(C)(C)C1C(=O)OC(C)(C)C. The molecule has 1 aliphatic heterocycles. The van der Waals surface area contributed by atoms with Crippen LogP contribution in [0.25, 0.3) is 0 Å². The van der Waals surface area contributed by atoms with E-state index in [2.05, 4.69) is 19.9 Å². The van der Waals surface area contributed by atoms with E-state index in [4.69, 9.17) is 9.47 Å². The Bertz CT molecular complexity index is 357. The normalized spacial score (nSPS) is 26.1. The fraction of sp³-hybridized carbons (Fsp3) is 0.812. The second-order valence-corrected chi connectivity index (χ2v) is 7.20. The molecule has 1 aliphatic rings. The minimum absolute atomic E-state index is 0.137. The summed E-state index contributed by atoms with van der Waals surface area (Å²) in [4.78, 5) is 12.4. The zero-order valence-electron chi connectivity index (χ0n) is 13.4. The van der Waals surface area contributed by atoms with E-state index in [9.17, 15) is 4.79 Å². The highest BCUT2D eigenvalue weighted by Gasteiger charge is 2.48. The van der Waals surface area contributed by atoms with E-state index in [1.54, 1.807) is 0 Å². The Morgan fingerprint density at radius 3 is 2.42 bits per heavy atom. The van der Waals surface area contributed by atoms with E-state index in [-0.39, 0.29) is 17.8 Å². The van der Waals surface area contributed by atoms with E-state index >= 15 is 0 Å². The van der Waals surface area contributed by atoms with E-state index in [1.165, 1.54) is 5.57 Å².